The number of benzene rings is 3. The van der Waals surface area contributed by atoms with Gasteiger partial charge >= 0.3 is 0 Å². The van der Waals surface area contributed by atoms with E-state index in [1.807, 2.05) is 60.7 Å². The summed E-state index contributed by atoms with van der Waals surface area (Å²) >= 11 is 6.02. The molecule has 0 bridgehead atoms. The van der Waals surface area contributed by atoms with Gasteiger partial charge in [0.25, 0.3) is 0 Å². The molecule has 0 saturated heterocycles. The van der Waals surface area contributed by atoms with Crippen molar-refractivity contribution in [2.24, 2.45) is 0 Å². The van der Waals surface area contributed by atoms with Crippen molar-refractivity contribution in [3.8, 4) is 16.9 Å². The molecule has 0 saturated carbocycles. The Hall–Kier alpha value is -2.30. The first kappa shape index (κ1) is 19.0. The Morgan fingerprint density at radius 1 is 0.929 bits per heavy atom. The maximum Gasteiger partial charge on any atom is 0.150 e. The lowest BCUT2D eigenvalue weighted by Crippen LogP contribution is -2.12. The van der Waals surface area contributed by atoms with Gasteiger partial charge in [-0.25, -0.2) is 4.21 Å². The van der Waals surface area contributed by atoms with Crippen LogP contribution in [0.2, 0.25) is 5.02 Å². The maximum atomic E-state index is 13.3. The molecule has 0 radical (unpaired) electrons. The molecule has 3 aromatic carbocycles. The number of rotatable bonds is 5. The number of hydrogen-bond acceptors (Lipinski definition) is 2. The fourth-order valence-electron chi connectivity index (χ4n) is 3.77. The molecule has 1 atom stereocenters. The third-order valence-corrected chi connectivity index (χ3v) is 6.57. The molecule has 144 valence electrons. The highest BCUT2D eigenvalue weighted by Crippen LogP contribution is 2.36. The summed E-state index contributed by atoms with van der Waals surface area (Å²) in [6.45, 7) is 0. The fourth-order valence-corrected chi connectivity index (χ4v) is 4.99. The van der Waals surface area contributed by atoms with Crippen molar-refractivity contribution in [1.82, 2.24) is 0 Å². The van der Waals surface area contributed by atoms with E-state index in [0.29, 0.717) is 5.02 Å². The smallest absolute Gasteiger partial charge is 0.150 e. The summed E-state index contributed by atoms with van der Waals surface area (Å²) in [4.78, 5) is 0.755. The van der Waals surface area contributed by atoms with Crippen LogP contribution in [0.4, 0.5) is 5.69 Å². The van der Waals surface area contributed by atoms with E-state index in [-0.39, 0.29) is 0 Å². The summed E-state index contributed by atoms with van der Waals surface area (Å²) < 4.78 is 22.0. The fraction of sp³-hybridized carbons (Fsp3) is 0.217. The van der Waals surface area contributed by atoms with Crippen molar-refractivity contribution in [2.45, 2.75) is 30.6 Å². The molecule has 3 aromatic rings. The third kappa shape index (κ3) is 3.80. The first-order chi connectivity index (χ1) is 13.7. The number of ether oxygens (including phenoxy) is 1. The first-order valence-electron chi connectivity index (χ1n) is 9.39. The van der Waals surface area contributed by atoms with Gasteiger partial charge in [0, 0.05) is 5.02 Å². The van der Waals surface area contributed by atoms with E-state index < -0.39 is 11.0 Å². The van der Waals surface area contributed by atoms with Crippen LogP contribution < -0.4 is 9.46 Å². The second-order valence-electron chi connectivity index (χ2n) is 6.85. The second kappa shape index (κ2) is 8.38. The minimum atomic E-state index is -1.38. The Bertz CT molecular complexity index is 1020. The highest BCUT2D eigenvalue weighted by Gasteiger charge is 2.19. The minimum Gasteiger partial charge on any atom is -0.496 e. The molecule has 0 spiro atoms. The minimum absolute atomic E-state index is 0.685. The molecule has 0 heterocycles. The van der Waals surface area contributed by atoms with Crippen molar-refractivity contribution in [3.63, 3.8) is 0 Å². The lowest BCUT2D eigenvalue weighted by Gasteiger charge is -2.22. The Balaban J connectivity index is 1.68. The van der Waals surface area contributed by atoms with E-state index in [0.717, 1.165) is 53.1 Å². The monoisotopic (exact) mass is 411 g/mol. The Morgan fingerprint density at radius 3 is 2.39 bits per heavy atom. The van der Waals surface area contributed by atoms with E-state index in [1.165, 1.54) is 11.1 Å². The standard InChI is InChI=1S/C23H22ClNO2S/c1-27-22-15-14-21(19-7-2-3-8-20(19)22)25-28(26)23-9-5-4-6-18(23)16-10-12-17(24)13-11-16/h4-6,9-15,25H,2-3,7-8H2,1H3. The first-order valence-corrected chi connectivity index (χ1v) is 10.9. The molecule has 1 aliphatic carbocycles. The van der Waals surface area contributed by atoms with Crippen LogP contribution in [0, 0.1) is 0 Å². The summed E-state index contributed by atoms with van der Waals surface area (Å²) in [6.07, 6.45) is 4.28. The number of fused-ring (bicyclic) bond motifs is 1. The van der Waals surface area contributed by atoms with Crippen LogP contribution in [0.1, 0.15) is 24.0 Å². The zero-order chi connectivity index (χ0) is 19.5. The molecule has 28 heavy (non-hydrogen) atoms. The molecular weight excluding hydrogens is 390 g/mol. The number of halogens is 1. The Kier molecular flexibility index (Phi) is 5.69. The van der Waals surface area contributed by atoms with Gasteiger partial charge in [-0.1, -0.05) is 41.9 Å². The van der Waals surface area contributed by atoms with E-state index in [1.54, 1.807) is 7.11 Å². The summed E-state index contributed by atoms with van der Waals surface area (Å²) in [6, 6.07) is 19.3. The van der Waals surface area contributed by atoms with Crippen LogP contribution in [0.25, 0.3) is 11.1 Å². The van der Waals surface area contributed by atoms with Crippen LogP contribution in [-0.4, -0.2) is 11.3 Å². The molecule has 1 aliphatic rings. The summed E-state index contributed by atoms with van der Waals surface area (Å²) in [7, 11) is 0.324. The predicted molar refractivity (Wildman–Crippen MR) is 117 cm³/mol. The second-order valence-corrected chi connectivity index (χ2v) is 8.47. The molecule has 1 N–H and O–H groups in total. The van der Waals surface area contributed by atoms with Crippen molar-refractivity contribution < 1.29 is 8.95 Å². The van der Waals surface area contributed by atoms with Gasteiger partial charge in [0.15, 0.2) is 11.0 Å². The third-order valence-electron chi connectivity index (χ3n) is 5.16. The number of nitrogens with one attached hydrogen (secondary N) is 1. The molecule has 3 nitrogen and oxygen atoms in total. The lowest BCUT2D eigenvalue weighted by molar-refractivity contribution is 0.406. The SMILES string of the molecule is COc1ccc(NS(=O)c2ccccc2-c2ccc(Cl)cc2)c2c1CCCC2. The molecule has 0 aromatic heterocycles. The lowest BCUT2D eigenvalue weighted by atomic mass is 9.90. The van der Waals surface area contributed by atoms with Crippen LogP contribution >= 0.6 is 11.6 Å². The molecule has 4 rings (SSSR count). The average Bonchev–Trinajstić information content (AvgIpc) is 2.74. The van der Waals surface area contributed by atoms with Crippen molar-refractivity contribution in [2.75, 3.05) is 11.8 Å². The number of anilines is 1. The Morgan fingerprint density at radius 2 is 1.64 bits per heavy atom. The number of methoxy groups -OCH3 is 1. The van der Waals surface area contributed by atoms with E-state index in [4.69, 9.17) is 16.3 Å². The highest BCUT2D eigenvalue weighted by atomic mass is 35.5. The molecule has 0 fully saturated rings. The predicted octanol–water partition coefficient (Wildman–Crippen LogP) is 6.03. The number of hydrogen-bond donors (Lipinski definition) is 1. The van der Waals surface area contributed by atoms with Gasteiger partial charge < -0.3 is 9.46 Å². The molecule has 5 heteroatoms. The van der Waals surface area contributed by atoms with Crippen LogP contribution in [0.15, 0.2) is 65.6 Å². The average molecular weight is 412 g/mol. The largest absolute Gasteiger partial charge is 0.496 e. The van der Waals surface area contributed by atoms with Crippen molar-refractivity contribution in [3.05, 3.63) is 76.8 Å². The van der Waals surface area contributed by atoms with E-state index >= 15 is 0 Å². The van der Waals surface area contributed by atoms with E-state index in [9.17, 15) is 4.21 Å². The zero-order valence-corrected chi connectivity index (χ0v) is 17.3. The molecular formula is C23H22ClNO2S. The highest BCUT2D eigenvalue weighted by molar-refractivity contribution is 7.86. The van der Waals surface area contributed by atoms with Gasteiger partial charge in [-0.05, 0) is 78.3 Å². The van der Waals surface area contributed by atoms with Crippen LogP contribution in [-0.2, 0) is 23.8 Å². The summed E-state index contributed by atoms with van der Waals surface area (Å²) in [5.74, 6) is 0.924. The van der Waals surface area contributed by atoms with Crippen LogP contribution in [0.3, 0.4) is 0 Å². The van der Waals surface area contributed by atoms with Crippen molar-refractivity contribution in [1.29, 1.82) is 0 Å². The van der Waals surface area contributed by atoms with Gasteiger partial charge in [0.1, 0.15) is 5.75 Å². The van der Waals surface area contributed by atoms with Gasteiger partial charge in [-0.2, -0.15) is 0 Å². The molecule has 0 aliphatic heterocycles. The zero-order valence-electron chi connectivity index (χ0n) is 15.7. The molecule has 1 unspecified atom stereocenters. The molecule has 0 amide bonds. The van der Waals surface area contributed by atoms with Crippen molar-refractivity contribution >= 4 is 28.3 Å². The van der Waals surface area contributed by atoms with Gasteiger partial charge in [-0.3, -0.25) is 0 Å². The van der Waals surface area contributed by atoms with E-state index in [2.05, 4.69) is 4.72 Å². The Labute approximate surface area is 173 Å². The quantitative estimate of drug-likeness (QED) is 0.556. The van der Waals surface area contributed by atoms with Crippen LogP contribution in [0.5, 0.6) is 5.75 Å². The maximum absolute atomic E-state index is 13.3. The summed E-state index contributed by atoms with van der Waals surface area (Å²) in [5, 5.41) is 0.685. The topological polar surface area (TPSA) is 38.3 Å². The summed E-state index contributed by atoms with van der Waals surface area (Å²) in [5.41, 5.74) is 5.32. The van der Waals surface area contributed by atoms with Gasteiger partial charge in [-0.15, -0.1) is 0 Å². The normalized spacial score (nSPS) is 14.2. The van der Waals surface area contributed by atoms with Gasteiger partial charge in [0.05, 0.1) is 17.7 Å². The van der Waals surface area contributed by atoms with Gasteiger partial charge in [0.2, 0.25) is 0 Å².